The maximum atomic E-state index is 13.3. The summed E-state index contributed by atoms with van der Waals surface area (Å²) in [6, 6.07) is 15.0. The van der Waals surface area contributed by atoms with Gasteiger partial charge in [0.25, 0.3) is 5.91 Å². The smallest absolute Gasteiger partial charge is 0.259 e. The van der Waals surface area contributed by atoms with Gasteiger partial charge in [-0.3, -0.25) is 14.2 Å². The molecule has 0 aliphatic carbocycles. The van der Waals surface area contributed by atoms with Gasteiger partial charge in [0.05, 0.1) is 17.4 Å². The van der Waals surface area contributed by atoms with Crippen LogP contribution in [0.15, 0.2) is 78.7 Å². The predicted octanol–water partition coefficient (Wildman–Crippen LogP) is 3.97. The van der Waals surface area contributed by atoms with E-state index < -0.39 is 6.04 Å². The van der Waals surface area contributed by atoms with Crippen molar-refractivity contribution in [1.29, 1.82) is 0 Å². The summed E-state index contributed by atoms with van der Waals surface area (Å²) < 4.78 is 3.53. The molecule has 0 radical (unpaired) electrons. The molecule has 0 aliphatic heterocycles. The van der Waals surface area contributed by atoms with E-state index in [-0.39, 0.29) is 17.3 Å². The Kier molecular flexibility index (Phi) is 5.59. The van der Waals surface area contributed by atoms with Crippen LogP contribution < -0.4 is 11.1 Å². The molecule has 1 aromatic carbocycles. The zero-order chi connectivity index (χ0) is 25.4. The Hall–Kier alpha value is -5.01. The number of rotatable bonds is 4. The fraction of sp³-hybridized carbons (Fsp3) is 0.0741. The number of carbonyl (C=O) groups is 1. The molecule has 1 amide bonds. The number of pyridine rings is 1. The first-order chi connectivity index (χ1) is 18.1. The number of aromatic nitrogens is 6. The van der Waals surface area contributed by atoms with Crippen molar-refractivity contribution in [3.63, 3.8) is 0 Å². The zero-order valence-electron chi connectivity index (χ0n) is 19.7. The summed E-state index contributed by atoms with van der Waals surface area (Å²) in [5.74, 6) is 6.22. The molecule has 5 aromatic heterocycles. The van der Waals surface area contributed by atoms with Crippen LogP contribution in [0.2, 0.25) is 0 Å². The monoisotopic (exact) mass is 504 g/mol. The van der Waals surface area contributed by atoms with Crippen molar-refractivity contribution >= 4 is 33.7 Å². The van der Waals surface area contributed by atoms with E-state index in [0.29, 0.717) is 5.65 Å². The minimum absolute atomic E-state index is 0.117. The molecule has 0 unspecified atom stereocenters. The van der Waals surface area contributed by atoms with Crippen molar-refractivity contribution in [3.8, 4) is 23.1 Å². The number of nitrogens with two attached hydrogens (primary N) is 1. The van der Waals surface area contributed by atoms with Crippen molar-refractivity contribution in [1.82, 2.24) is 34.3 Å². The Labute approximate surface area is 215 Å². The van der Waals surface area contributed by atoms with E-state index in [4.69, 9.17) is 10.7 Å². The average molecular weight is 505 g/mol. The predicted molar refractivity (Wildman–Crippen MR) is 142 cm³/mol. The number of thiazole rings is 1. The van der Waals surface area contributed by atoms with Crippen molar-refractivity contribution in [2.45, 2.75) is 13.0 Å². The Bertz CT molecular complexity index is 1810. The van der Waals surface area contributed by atoms with Gasteiger partial charge in [0, 0.05) is 41.3 Å². The average Bonchev–Trinajstić information content (AvgIpc) is 3.59. The first-order valence-electron chi connectivity index (χ1n) is 11.5. The number of nitrogens with one attached hydrogen (secondary N) is 1. The van der Waals surface area contributed by atoms with Gasteiger partial charge in [0.15, 0.2) is 16.4 Å². The van der Waals surface area contributed by atoms with E-state index in [2.05, 4.69) is 32.2 Å². The van der Waals surface area contributed by atoms with E-state index in [0.717, 1.165) is 33.2 Å². The molecule has 0 saturated heterocycles. The number of nitrogen functional groups attached to an aromatic ring is 1. The lowest BCUT2D eigenvalue weighted by Gasteiger charge is -2.14. The molecular weight excluding hydrogens is 484 g/mol. The number of hydrogen-bond acceptors (Lipinski definition) is 7. The highest BCUT2D eigenvalue weighted by molar-refractivity contribution is 7.15. The topological polar surface area (TPSA) is 116 Å². The second kappa shape index (κ2) is 9.22. The summed E-state index contributed by atoms with van der Waals surface area (Å²) in [4.78, 5) is 27.3. The lowest BCUT2D eigenvalue weighted by atomic mass is 10.1. The maximum absolute atomic E-state index is 13.3. The van der Waals surface area contributed by atoms with E-state index >= 15 is 0 Å². The Morgan fingerprint density at radius 3 is 2.70 bits per heavy atom. The summed E-state index contributed by atoms with van der Waals surface area (Å²) in [7, 11) is 0. The van der Waals surface area contributed by atoms with Gasteiger partial charge in [-0.15, -0.1) is 16.4 Å². The van der Waals surface area contributed by atoms with Crippen LogP contribution >= 0.6 is 11.3 Å². The summed E-state index contributed by atoms with van der Waals surface area (Å²) in [6.45, 7) is 1.90. The summed E-state index contributed by atoms with van der Waals surface area (Å²) in [5.41, 5.74) is 10.9. The first kappa shape index (κ1) is 22.5. The number of carbonyl (C=O) groups excluding carboxylic acids is 1. The minimum Gasteiger partial charge on any atom is -0.381 e. The fourth-order valence-electron chi connectivity index (χ4n) is 4.17. The van der Waals surface area contributed by atoms with Gasteiger partial charge in [-0.05, 0) is 31.0 Å². The van der Waals surface area contributed by atoms with Gasteiger partial charge in [-0.2, -0.15) is 0 Å². The SMILES string of the molecule is C[C@@H](NC(=O)c1c(N)nn2cccnc12)c1nc2scc(C#Cc3ccncc3)n2c1-c1ccccc1. The number of amides is 1. The van der Waals surface area contributed by atoms with Crippen LogP contribution in [-0.4, -0.2) is 34.9 Å². The van der Waals surface area contributed by atoms with Crippen molar-refractivity contribution in [3.05, 3.63) is 101 Å². The number of hydrogen-bond donors (Lipinski definition) is 2. The summed E-state index contributed by atoms with van der Waals surface area (Å²) in [6.07, 6.45) is 6.73. The molecule has 6 rings (SSSR count). The zero-order valence-corrected chi connectivity index (χ0v) is 20.5. The Morgan fingerprint density at radius 1 is 1.08 bits per heavy atom. The van der Waals surface area contributed by atoms with E-state index in [9.17, 15) is 4.79 Å². The van der Waals surface area contributed by atoms with Gasteiger partial charge in [-0.25, -0.2) is 14.5 Å². The van der Waals surface area contributed by atoms with Gasteiger partial charge >= 0.3 is 0 Å². The highest BCUT2D eigenvalue weighted by Crippen LogP contribution is 2.33. The van der Waals surface area contributed by atoms with Crippen molar-refractivity contribution < 1.29 is 4.79 Å². The van der Waals surface area contributed by atoms with Crippen LogP contribution in [-0.2, 0) is 0 Å². The molecule has 10 heteroatoms. The number of anilines is 1. The Balaban J connectivity index is 1.42. The van der Waals surface area contributed by atoms with Crippen molar-refractivity contribution in [2.24, 2.45) is 0 Å². The largest absolute Gasteiger partial charge is 0.381 e. The molecule has 0 bridgehead atoms. The molecular formula is C27H20N8OS. The van der Waals surface area contributed by atoms with E-state index in [1.54, 1.807) is 30.9 Å². The van der Waals surface area contributed by atoms with Gasteiger partial charge in [-0.1, -0.05) is 36.3 Å². The highest BCUT2D eigenvalue weighted by Gasteiger charge is 2.26. The van der Waals surface area contributed by atoms with Crippen LogP contribution in [0.25, 0.3) is 21.9 Å². The van der Waals surface area contributed by atoms with Crippen LogP contribution in [0.4, 0.5) is 5.82 Å². The second-order valence-electron chi connectivity index (χ2n) is 8.28. The maximum Gasteiger partial charge on any atom is 0.259 e. The quantitative estimate of drug-likeness (QED) is 0.351. The van der Waals surface area contributed by atoms with Gasteiger partial charge in [0.1, 0.15) is 11.3 Å². The van der Waals surface area contributed by atoms with Crippen molar-refractivity contribution in [2.75, 3.05) is 5.73 Å². The lowest BCUT2D eigenvalue weighted by molar-refractivity contribution is 0.0941. The molecule has 37 heavy (non-hydrogen) atoms. The number of benzene rings is 1. The number of fused-ring (bicyclic) bond motifs is 2. The molecule has 0 spiro atoms. The standard InChI is InChI=1S/C27H20N8OS/c1-17(31-26(36)21-24(28)33-34-15-5-12-30-25(21)34)22-23(19-6-3-2-4-7-19)35-20(16-37-27(35)32-22)9-8-18-10-13-29-14-11-18/h2-7,10-17H,1H3,(H2,28,33)(H,31,36)/t17-/m1/s1. The lowest BCUT2D eigenvalue weighted by Crippen LogP contribution is -2.28. The molecule has 0 saturated carbocycles. The molecule has 5 heterocycles. The van der Waals surface area contributed by atoms with Crippen LogP contribution in [0.5, 0.6) is 0 Å². The summed E-state index contributed by atoms with van der Waals surface area (Å²) >= 11 is 1.50. The van der Waals surface area contributed by atoms with Gasteiger partial charge in [0.2, 0.25) is 0 Å². The molecule has 3 N–H and O–H groups in total. The molecule has 6 aromatic rings. The molecule has 1 atom stereocenters. The van der Waals surface area contributed by atoms with Crippen LogP contribution in [0.1, 0.15) is 40.3 Å². The third-order valence-corrected chi connectivity index (χ3v) is 6.69. The Morgan fingerprint density at radius 2 is 1.89 bits per heavy atom. The fourth-order valence-corrected chi connectivity index (χ4v) is 5.00. The normalized spacial score (nSPS) is 11.8. The van der Waals surface area contributed by atoms with E-state index in [1.807, 2.05) is 59.2 Å². The highest BCUT2D eigenvalue weighted by atomic mass is 32.1. The second-order valence-corrected chi connectivity index (χ2v) is 9.12. The number of imidazole rings is 1. The third-order valence-electron chi connectivity index (χ3n) is 5.86. The molecule has 0 fully saturated rings. The summed E-state index contributed by atoms with van der Waals surface area (Å²) in [5, 5.41) is 9.23. The minimum atomic E-state index is -0.436. The number of nitrogens with zero attached hydrogens (tertiary/aromatic N) is 6. The molecule has 0 aliphatic rings. The van der Waals surface area contributed by atoms with E-state index in [1.165, 1.54) is 15.9 Å². The first-order valence-corrected chi connectivity index (χ1v) is 12.3. The molecule has 9 nitrogen and oxygen atoms in total. The van der Waals surface area contributed by atoms with Crippen LogP contribution in [0.3, 0.4) is 0 Å². The van der Waals surface area contributed by atoms with Gasteiger partial charge < -0.3 is 11.1 Å². The van der Waals surface area contributed by atoms with Crippen LogP contribution in [0, 0.1) is 11.8 Å². The molecule has 180 valence electrons. The third kappa shape index (κ3) is 4.07.